The van der Waals surface area contributed by atoms with E-state index in [1.54, 1.807) is 7.11 Å². The number of nitrogens with one attached hydrogen (secondary N) is 1. The topological polar surface area (TPSA) is 66.4 Å². The number of hydrogen-bond donors (Lipinski definition) is 1. The van der Waals surface area contributed by atoms with Crippen molar-refractivity contribution in [1.82, 2.24) is 10.2 Å². The van der Waals surface area contributed by atoms with E-state index in [2.05, 4.69) is 15.3 Å². The highest BCUT2D eigenvalue weighted by molar-refractivity contribution is 5.94. The zero-order valence-corrected chi connectivity index (χ0v) is 19.4. The maximum Gasteiger partial charge on any atom is 0.251 e. The van der Waals surface area contributed by atoms with Crippen molar-refractivity contribution in [3.63, 3.8) is 0 Å². The molecule has 7 nitrogen and oxygen atoms in total. The Hall–Kier alpha value is -1.96. The summed E-state index contributed by atoms with van der Waals surface area (Å²) in [5.41, 5.74) is 1.77. The quantitative estimate of drug-likeness (QED) is 0.595. The summed E-state index contributed by atoms with van der Waals surface area (Å²) in [6.07, 6.45) is 10.2. The van der Waals surface area contributed by atoms with Gasteiger partial charge in [0.15, 0.2) is 0 Å². The second kappa shape index (κ2) is 11.8. The fourth-order valence-electron chi connectivity index (χ4n) is 5.19. The summed E-state index contributed by atoms with van der Waals surface area (Å²) >= 11 is 0. The van der Waals surface area contributed by atoms with Gasteiger partial charge in [0, 0.05) is 51.0 Å². The predicted molar refractivity (Wildman–Crippen MR) is 127 cm³/mol. The zero-order chi connectivity index (χ0) is 22.2. The molecule has 0 unspecified atom stereocenters. The Morgan fingerprint density at radius 2 is 1.94 bits per heavy atom. The Balaban J connectivity index is 1.30. The van der Waals surface area contributed by atoms with Crippen LogP contribution in [0.5, 0.6) is 0 Å². The Kier molecular flexibility index (Phi) is 8.54. The van der Waals surface area contributed by atoms with E-state index in [4.69, 9.17) is 9.47 Å². The number of rotatable bonds is 9. The van der Waals surface area contributed by atoms with E-state index in [0.29, 0.717) is 25.2 Å². The first-order valence-corrected chi connectivity index (χ1v) is 12.3. The number of anilines is 1. The highest BCUT2D eigenvalue weighted by Gasteiger charge is 2.30. The summed E-state index contributed by atoms with van der Waals surface area (Å²) in [7, 11) is 1.71. The van der Waals surface area contributed by atoms with Crippen LogP contribution in [0.3, 0.4) is 0 Å². The highest BCUT2D eigenvalue weighted by Crippen LogP contribution is 2.27. The summed E-state index contributed by atoms with van der Waals surface area (Å²) in [6.45, 7) is 5.38. The molecule has 1 amide bonds. The van der Waals surface area contributed by atoms with Crippen LogP contribution >= 0.6 is 0 Å². The molecule has 0 bridgehead atoms. The Morgan fingerprint density at radius 3 is 2.72 bits per heavy atom. The fraction of sp³-hybridized carbons (Fsp3) is 0.680. The van der Waals surface area contributed by atoms with Crippen LogP contribution in [-0.2, 0) is 9.47 Å². The molecule has 0 aromatic heterocycles. The molecular formula is C25H38N4O3. The van der Waals surface area contributed by atoms with Crippen molar-refractivity contribution in [2.75, 3.05) is 51.5 Å². The third-order valence-corrected chi connectivity index (χ3v) is 6.94. The maximum atomic E-state index is 13.0. The molecule has 2 fully saturated rings. The van der Waals surface area contributed by atoms with E-state index >= 15 is 0 Å². The lowest BCUT2D eigenvalue weighted by atomic mass is 9.83. The van der Waals surface area contributed by atoms with Gasteiger partial charge in [0.2, 0.25) is 0 Å². The minimum atomic E-state index is 0.0396. The van der Waals surface area contributed by atoms with Gasteiger partial charge in [0.25, 0.3) is 5.91 Å². The Morgan fingerprint density at radius 1 is 1.09 bits per heavy atom. The number of carbonyl (C=O) groups is 1. The van der Waals surface area contributed by atoms with Gasteiger partial charge >= 0.3 is 0 Å². The molecule has 1 N–H and O–H groups in total. The molecule has 1 saturated carbocycles. The van der Waals surface area contributed by atoms with Crippen molar-refractivity contribution >= 4 is 17.8 Å². The fourth-order valence-corrected chi connectivity index (χ4v) is 5.19. The third kappa shape index (κ3) is 6.30. The molecule has 2 aliphatic heterocycles. The van der Waals surface area contributed by atoms with Gasteiger partial charge in [-0.15, -0.1) is 0 Å². The first-order valence-electron chi connectivity index (χ1n) is 12.3. The van der Waals surface area contributed by atoms with Crippen LogP contribution in [0.4, 0.5) is 5.69 Å². The molecule has 4 rings (SSSR count). The smallest absolute Gasteiger partial charge is 0.251 e. The van der Waals surface area contributed by atoms with Gasteiger partial charge in [0.1, 0.15) is 0 Å². The number of ether oxygens (including phenoxy) is 2. The van der Waals surface area contributed by atoms with Gasteiger partial charge in [-0.05, 0) is 62.4 Å². The summed E-state index contributed by atoms with van der Waals surface area (Å²) in [5.74, 6) is 0.543. The number of amides is 1. The molecule has 1 aliphatic carbocycles. The van der Waals surface area contributed by atoms with E-state index in [1.165, 1.54) is 25.7 Å². The minimum Gasteiger partial charge on any atom is -0.382 e. The Labute approximate surface area is 192 Å². The number of hydrogen-bond acceptors (Lipinski definition) is 6. The summed E-state index contributed by atoms with van der Waals surface area (Å²) < 4.78 is 11.1. The molecule has 1 aromatic carbocycles. The summed E-state index contributed by atoms with van der Waals surface area (Å²) in [4.78, 5) is 15.5. The SMILES string of the molecule is COCCO[C@@H]1CCCN(C[C@@H]2CCCC[C@H]2NC(=O)c2ccc(N3CCC=N3)cc2)C1. The van der Waals surface area contributed by atoms with E-state index in [9.17, 15) is 4.79 Å². The molecular weight excluding hydrogens is 404 g/mol. The van der Waals surface area contributed by atoms with Crippen LogP contribution in [0.1, 0.15) is 55.3 Å². The number of likely N-dealkylation sites (tertiary alicyclic amines) is 1. The van der Waals surface area contributed by atoms with Crippen molar-refractivity contribution in [3.05, 3.63) is 29.8 Å². The lowest BCUT2D eigenvalue weighted by Gasteiger charge is -2.39. The van der Waals surface area contributed by atoms with E-state index in [0.717, 1.165) is 56.7 Å². The van der Waals surface area contributed by atoms with Crippen LogP contribution < -0.4 is 10.3 Å². The summed E-state index contributed by atoms with van der Waals surface area (Å²) in [6, 6.07) is 8.07. The maximum absolute atomic E-state index is 13.0. The molecule has 1 saturated heterocycles. The number of carbonyl (C=O) groups excluding carboxylic acids is 1. The van der Waals surface area contributed by atoms with Crippen molar-refractivity contribution in [3.8, 4) is 0 Å². The number of hydrazone groups is 1. The van der Waals surface area contributed by atoms with Gasteiger partial charge in [-0.3, -0.25) is 9.80 Å². The average Bonchev–Trinajstić information content (AvgIpc) is 3.36. The van der Waals surface area contributed by atoms with E-state index in [-0.39, 0.29) is 11.9 Å². The van der Waals surface area contributed by atoms with E-state index < -0.39 is 0 Å². The largest absolute Gasteiger partial charge is 0.382 e. The molecule has 3 atom stereocenters. The number of nitrogens with zero attached hydrogens (tertiary/aromatic N) is 3. The van der Waals surface area contributed by atoms with Crippen molar-refractivity contribution in [2.45, 2.75) is 57.1 Å². The lowest BCUT2D eigenvalue weighted by molar-refractivity contribution is -0.0254. The third-order valence-electron chi connectivity index (χ3n) is 6.94. The molecule has 0 spiro atoms. The standard InChI is InChI=1S/C25H38N4O3/c1-31-16-17-32-23-7-4-14-28(19-23)18-21-6-2-3-8-24(21)27-25(30)20-9-11-22(12-10-20)29-15-5-13-26-29/h9-13,21,23-24H,2-8,14-19H2,1H3,(H,27,30)/t21-,23+,24+/m0/s1. The van der Waals surface area contributed by atoms with Crippen LogP contribution in [0.2, 0.25) is 0 Å². The second-order valence-electron chi connectivity index (χ2n) is 9.27. The molecule has 3 aliphatic rings. The van der Waals surface area contributed by atoms with Crippen molar-refractivity contribution < 1.29 is 14.3 Å². The van der Waals surface area contributed by atoms with E-state index in [1.807, 2.05) is 35.5 Å². The average molecular weight is 443 g/mol. The van der Waals surface area contributed by atoms with Crippen LogP contribution in [0.25, 0.3) is 0 Å². The predicted octanol–water partition coefficient (Wildman–Crippen LogP) is 3.30. The minimum absolute atomic E-state index is 0.0396. The first kappa shape index (κ1) is 23.2. The molecule has 1 aromatic rings. The van der Waals surface area contributed by atoms with Gasteiger partial charge in [-0.1, -0.05) is 12.8 Å². The first-order chi connectivity index (χ1) is 15.7. The summed E-state index contributed by atoms with van der Waals surface area (Å²) in [5, 5.41) is 9.69. The zero-order valence-electron chi connectivity index (χ0n) is 19.4. The van der Waals surface area contributed by atoms with Crippen molar-refractivity contribution in [2.24, 2.45) is 11.0 Å². The number of methoxy groups -OCH3 is 1. The number of piperidine rings is 1. The van der Waals surface area contributed by atoms with Gasteiger partial charge < -0.3 is 19.7 Å². The Bertz CT molecular complexity index is 754. The molecule has 0 radical (unpaired) electrons. The van der Waals surface area contributed by atoms with Crippen LogP contribution in [0, 0.1) is 5.92 Å². The monoisotopic (exact) mass is 442 g/mol. The molecule has 176 valence electrons. The van der Waals surface area contributed by atoms with Gasteiger partial charge in [0.05, 0.1) is 25.0 Å². The van der Waals surface area contributed by atoms with Crippen LogP contribution in [0.15, 0.2) is 29.4 Å². The highest BCUT2D eigenvalue weighted by atomic mass is 16.5. The molecule has 7 heteroatoms. The van der Waals surface area contributed by atoms with Gasteiger partial charge in [-0.2, -0.15) is 5.10 Å². The number of benzene rings is 1. The van der Waals surface area contributed by atoms with Crippen molar-refractivity contribution in [1.29, 1.82) is 0 Å². The second-order valence-corrected chi connectivity index (χ2v) is 9.27. The molecule has 2 heterocycles. The van der Waals surface area contributed by atoms with Gasteiger partial charge in [-0.25, -0.2) is 0 Å². The normalized spacial score (nSPS) is 26.4. The molecule has 32 heavy (non-hydrogen) atoms. The van der Waals surface area contributed by atoms with Crippen LogP contribution in [-0.4, -0.2) is 75.7 Å². The lowest BCUT2D eigenvalue weighted by Crippen LogP contribution is -2.49.